The molecule has 19 heavy (non-hydrogen) atoms. The number of sulfonamides is 1. The molecule has 0 aromatic rings. The third-order valence-corrected chi connectivity index (χ3v) is 5.78. The number of carbonyl (C=O) groups is 1. The maximum absolute atomic E-state index is 11.7. The fourth-order valence-electron chi connectivity index (χ4n) is 2.03. The fourth-order valence-corrected chi connectivity index (χ4v) is 4.98. The standard InChI is InChI=1S/C10H19NO6S2/c1-18(14,15)6-7-19(16,17)11-9-4-2-8(3-5-9)10(12)13/h8-9,11H,2-7H2,1H3,(H,12,13). The minimum absolute atomic E-state index is 0.292. The lowest BCUT2D eigenvalue weighted by Crippen LogP contribution is -2.40. The molecule has 0 aromatic carbocycles. The topological polar surface area (TPSA) is 118 Å². The van der Waals surface area contributed by atoms with E-state index < -0.39 is 43.3 Å². The van der Waals surface area contributed by atoms with Crippen molar-refractivity contribution in [2.75, 3.05) is 17.8 Å². The third kappa shape index (κ3) is 6.35. The molecule has 0 amide bonds. The lowest BCUT2D eigenvalue weighted by molar-refractivity contribution is -0.142. The van der Waals surface area contributed by atoms with Gasteiger partial charge in [0.2, 0.25) is 10.0 Å². The van der Waals surface area contributed by atoms with Gasteiger partial charge in [-0.2, -0.15) is 0 Å². The van der Waals surface area contributed by atoms with Gasteiger partial charge in [0.15, 0.2) is 0 Å². The first-order valence-electron chi connectivity index (χ1n) is 5.99. The van der Waals surface area contributed by atoms with Gasteiger partial charge in [0.1, 0.15) is 9.84 Å². The van der Waals surface area contributed by atoms with Crippen molar-refractivity contribution in [3.05, 3.63) is 0 Å². The zero-order valence-electron chi connectivity index (χ0n) is 10.7. The summed E-state index contributed by atoms with van der Waals surface area (Å²) in [5.41, 5.74) is 0. The molecule has 9 heteroatoms. The molecule has 0 spiro atoms. The summed E-state index contributed by atoms with van der Waals surface area (Å²) in [5.74, 6) is -2.12. The Labute approximate surface area is 113 Å². The van der Waals surface area contributed by atoms with Gasteiger partial charge < -0.3 is 5.11 Å². The second-order valence-corrected chi connectivity index (χ2v) is 9.09. The summed E-state index contributed by atoms with van der Waals surface area (Å²) in [5, 5.41) is 8.83. The Balaban J connectivity index is 2.45. The first-order valence-corrected chi connectivity index (χ1v) is 9.71. The minimum atomic E-state index is -3.63. The molecular formula is C10H19NO6S2. The van der Waals surface area contributed by atoms with Crippen LogP contribution in [0.1, 0.15) is 25.7 Å². The third-order valence-electron chi connectivity index (χ3n) is 3.15. The van der Waals surface area contributed by atoms with Crippen molar-refractivity contribution in [3.63, 3.8) is 0 Å². The van der Waals surface area contributed by atoms with Crippen LogP contribution in [0.25, 0.3) is 0 Å². The Bertz CT molecular complexity index is 516. The molecule has 0 aliphatic heterocycles. The summed E-state index contributed by atoms with van der Waals surface area (Å²) in [6.45, 7) is 0. The maximum atomic E-state index is 11.7. The van der Waals surface area contributed by atoms with Crippen molar-refractivity contribution < 1.29 is 26.7 Å². The fraction of sp³-hybridized carbons (Fsp3) is 0.900. The molecule has 7 nitrogen and oxygen atoms in total. The van der Waals surface area contributed by atoms with Crippen LogP contribution in [0.3, 0.4) is 0 Å². The van der Waals surface area contributed by atoms with Gasteiger partial charge in [-0.1, -0.05) is 0 Å². The molecule has 1 fully saturated rings. The van der Waals surface area contributed by atoms with Crippen molar-refractivity contribution in [1.82, 2.24) is 4.72 Å². The second kappa shape index (κ2) is 6.19. The highest BCUT2D eigenvalue weighted by atomic mass is 32.2. The van der Waals surface area contributed by atoms with Crippen LogP contribution in [0.15, 0.2) is 0 Å². The minimum Gasteiger partial charge on any atom is -0.481 e. The van der Waals surface area contributed by atoms with Crippen molar-refractivity contribution in [2.24, 2.45) is 5.92 Å². The average molecular weight is 313 g/mol. The lowest BCUT2D eigenvalue weighted by atomic mass is 9.87. The first kappa shape index (κ1) is 16.4. The molecule has 2 N–H and O–H groups in total. The number of carboxylic acid groups (broad SMARTS) is 1. The number of aliphatic carboxylic acids is 1. The molecule has 0 atom stereocenters. The van der Waals surface area contributed by atoms with Crippen LogP contribution < -0.4 is 4.72 Å². The molecule has 0 aromatic heterocycles. The van der Waals surface area contributed by atoms with Gasteiger partial charge in [-0.3, -0.25) is 4.79 Å². The summed E-state index contributed by atoms with van der Waals surface area (Å²) in [6, 6.07) is -0.292. The van der Waals surface area contributed by atoms with Gasteiger partial charge >= 0.3 is 5.97 Å². The van der Waals surface area contributed by atoms with E-state index >= 15 is 0 Å². The highest BCUT2D eigenvalue weighted by Gasteiger charge is 2.28. The van der Waals surface area contributed by atoms with Crippen LogP contribution in [0, 0.1) is 5.92 Å². The Morgan fingerprint density at radius 1 is 1.11 bits per heavy atom. The predicted octanol–water partition coefficient (Wildman–Crippen LogP) is -0.406. The molecule has 1 aliphatic rings. The summed E-state index contributed by atoms with van der Waals surface area (Å²) in [4.78, 5) is 10.8. The van der Waals surface area contributed by atoms with Crippen LogP contribution in [-0.2, 0) is 24.7 Å². The molecule has 112 valence electrons. The van der Waals surface area contributed by atoms with E-state index in [1.807, 2.05) is 0 Å². The van der Waals surface area contributed by atoms with Gasteiger partial charge in [-0.25, -0.2) is 21.6 Å². The number of hydrogen-bond acceptors (Lipinski definition) is 5. The summed E-state index contributed by atoms with van der Waals surface area (Å²) in [6.07, 6.45) is 2.80. The Morgan fingerprint density at radius 3 is 2.05 bits per heavy atom. The van der Waals surface area contributed by atoms with Gasteiger partial charge in [0.25, 0.3) is 0 Å². The van der Waals surface area contributed by atoms with E-state index in [0.717, 1.165) is 6.26 Å². The SMILES string of the molecule is CS(=O)(=O)CCS(=O)(=O)NC1CCC(C(=O)O)CC1. The van der Waals surface area contributed by atoms with Gasteiger partial charge in [-0.05, 0) is 25.7 Å². The highest BCUT2D eigenvalue weighted by Crippen LogP contribution is 2.24. The van der Waals surface area contributed by atoms with Gasteiger partial charge in [0.05, 0.1) is 17.4 Å². The van der Waals surface area contributed by atoms with E-state index in [1.165, 1.54) is 0 Å². The second-order valence-electron chi connectivity index (χ2n) is 4.95. The predicted molar refractivity (Wildman–Crippen MR) is 70.0 cm³/mol. The number of carboxylic acids is 1. The Kier molecular flexibility index (Phi) is 5.34. The molecule has 1 saturated carbocycles. The molecule has 0 unspecified atom stereocenters. The van der Waals surface area contributed by atoms with Crippen LogP contribution >= 0.6 is 0 Å². The quantitative estimate of drug-likeness (QED) is 0.688. The van der Waals surface area contributed by atoms with E-state index in [-0.39, 0.29) is 6.04 Å². The number of nitrogens with one attached hydrogen (secondary N) is 1. The lowest BCUT2D eigenvalue weighted by Gasteiger charge is -2.26. The Morgan fingerprint density at radius 2 is 1.63 bits per heavy atom. The van der Waals surface area contributed by atoms with Crippen LogP contribution in [-0.4, -0.2) is 51.7 Å². The zero-order valence-corrected chi connectivity index (χ0v) is 12.3. The molecular weight excluding hydrogens is 294 g/mol. The van der Waals surface area contributed by atoms with E-state index in [0.29, 0.717) is 25.7 Å². The van der Waals surface area contributed by atoms with Crippen molar-refractivity contribution in [3.8, 4) is 0 Å². The molecule has 0 radical (unpaired) electrons. The van der Waals surface area contributed by atoms with Gasteiger partial charge in [0, 0.05) is 12.3 Å². The van der Waals surface area contributed by atoms with E-state index in [9.17, 15) is 21.6 Å². The van der Waals surface area contributed by atoms with E-state index in [1.54, 1.807) is 0 Å². The molecule has 1 rings (SSSR count). The smallest absolute Gasteiger partial charge is 0.306 e. The number of rotatable bonds is 6. The van der Waals surface area contributed by atoms with E-state index in [4.69, 9.17) is 5.11 Å². The molecule has 0 bridgehead atoms. The molecule has 1 aliphatic carbocycles. The Hall–Kier alpha value is -0.670. The highest BCUT2D eigenvalue weighted by molar-refractivity contribution is 7.93. The summed E-state index contributed by atoms with van der Waals surface area (Å²) < 4.78 is 47.6. The zero-order chi connectivity index (χ0) is 14.7. The molecule has 0 heterocycles. The normalized spacial score (nSPS) is 25.1. The van der Waals surface area contributed by atoms with Crippen LogP contribution in [0.5, 0.6) is 0 Å². The van der Waals surface area contributed by atoms with Crippen molar-refractivity contribution in [1.29, 1.82) is 0 Å². The first-order chi connectivity index (χ1) is 8.59. The maximum Gasteiger partial charge on any atom is 0.306 e. The van der Waals surface area contributed by atoms with Crippen molar-refractivity contribution >= 4 is 25.8 Å². The summed E-state index contributed by atoms with van der Waals surface area (Å²) >= 11 is 0. The average Bonchev–Trinajstić information content (AvgIpc) is 2.26. The van der Waals surface area contributed by atoms with Gasteiger partial charge in [-0.15, -0.1) is 0 Å². The van der Waals surface area contributed by atoms with Crippen molar-refractivity contribution in [2.45, 2.75) is 31.7 Å². The number of sulfone groups is 1. The van der Waals surface area contributed by atoms with E-state index in [2.05, 4.69) is 4.72 Å². The monoisotopic (exact) mass is 313 g/mol. The molecule has 0 saturated heterocycles. The largest absolute Gasteiger partial charge is 0.481 e. The number of hydrogen-bond donors (Lipinski definition) is 2. The van der Waals surface area contributed by atoms with Crippen LogP contribution in [0.4, 0.5) is 0 Å². The summed E-state index contributed by atoms with van der Waals surface area (Å²) in [7, 11) is -6.94. The van der Waals surface area contributed by atoms with Crippen LogP contribution in [0.2, 0.25) is 0 Å².